The Kier molecular flexibility index (Phi) is 3.73. The number of rotatable bonds is 5. The van der Waals surface area contributed by atoms with E-state index < -0.39 is 5.97 Å². The van der Waals surface area contributed by atoms with Gasteiger partial charge in [0.2, 0.25) is 5.89 Å². The second-order valence-corrected chi connectivity index (χ2v) is 3.73. The molecule has 0 aliphatic rings. The Morgan fingerprint density at radius 3 is 2.74 bits per heavy atom. The van der Waals surface area contributed by atoms with Crippen LogP contribution in [0, 0.1) is 11.3 Å². The number of aliphatic carboxylic acids is 1. The average Bonchev–Trinajstić information content (AvgIpc) is 2.79. The predicted molar refractivity (Wildman–Crippen MR) is 64.7 cm³/mol. The summed E-state index contributed by atoms with van der Waals surface area (Å²) in [6.45, 7) is 0. The lowest BCUT2D eigenvalue weighted by Crippen LogP contribution is -1.99. The minimum absolute atomic E-state index is 0.0207. The van der Waals surface area contributed by atoms with Gasteiger partial charge < -0.3 is 14.8 Å². The first kappa shape index (κ1) is 12.6. The summed E-state index contributed by atoms with van der Waals surface area (Å²) in [7, 11) is 0. The number of nitrogens with zero attached hydrogens (tertiary/aromatic N) is 3. The second kappa shape index (κ2) is 5.64. The molecule has 0 bridgehead atoms. The quantitative estimate of drug-likeness (QED) is 0.835. The van der Waals surface area contributed by atoms with Crippen LogP contribution in [0.15, 0.2) is 28.7 Å². The van der Waals surface area contributed by atoms with Crippen molar-refractivity contribution >= 4 is 17.7 Å². The van der Waals surface area contributed by atoms with Crippen molar-refractivity contribution in [1.82, 2.24) is 10.2 Å². The summed E-state index contributed by atoms with van der Waals surface area (Å²) in [5.74, 6) is -0.633. The third kappa shape index (κ3) is 3.54. The van der Waals surface area contributed by atoms with Crippen molar-refractivity contribution in [2.24, 2.45) is 0 Å². The second-order valence-electron chi connectivity index (χ2n) is 3.73. The van der Waals surface area contributed by atoms with E-state index in [0.717, 1.165) is 0 Å². The molecule has 0 atom stereocenters. The van der Waals surface area contributed by atoms with E-state index in [1.165, 1.54) is 0 Å². The zero-order valence-electron chi connectivity index (χ0n) is 9.83. The Morgan fingerprint density at radius 1 is 1.37 bits per heavy atom. The molecular formula is C12H10N4O3. The molecule has 0 fully saturated rings. The van der Waals surface area contributed by atoms with Gasteiger partial charge in [-0.1, -0.05) is 17.2 Å². The lowest BCUT2D eigenvalue weighted by atomic mass is 10.1. The largest absolute Gasteiger partial charge is 0.481 e. The summed E-state index contributed by atoms with van der Waals surface area (Å²) in [6, 6.07) is 8.92. The fourth-order valence-electron chi connectivity index (χ4n) is 1.45. The van der Waals surface area contributed by atoms with Gasteiger partial charge in [-0.3, -0.25) is 4.79 Å². The van der Waals surface area contributed by atoms with Crippen molar-refractivity contribution in [2.75, 3.05) is 5.32 Å². The van der Waals surface area contributed by atoms with Gasteiger partial charge in [-0.2, -0.15) is 5.26 Å². The molecule has 2 rings (SSSR count). The van der Waals surface area contributed by atoms with Gasteiger partial charge in [-0.05, 0) is 17.7 Å². The van der Waals surface area contributed by atoms with E-state index >= 15 is 0 Å². The molecule has 7 nitrogen and oxygen atoms in total. The molecule has 19 heavy (non-hydrogen) atoms. The summed E-state index contributed by atoms with van der Waals surface area (Å²) >= 11 is 0. The molecule has 1 aromatic carbocycles. The fourth-order valence-corrected chi connectivity index (χ4v) is 1.45. The van der Waals surface area contributed by atoms with Crippen LogP contribution in [0.25, 0.3) is 0 Å². The summed E-state index contributed by atoms with van der Waals surface area (Å²) in [5, 5.41) is 27.4. The highest BCUT2D eigenvalue weighted by Crippen LogP contribution is 2.16. The maximum absolute atomic E-state index is 10.5. The first-order chi connectivity index (χ1) is 9.17. The molecule has 2 aromatic rings. The van der Waals surface area contributed by atoms with Gasteiger partial charge in [-0.15, -0.1) is 5.10 Å². The Labute approximate surface area is 108 Å². The molecule has 2 N–H and O–H groups in total. The molecule has 0 amide bonds. The van der Waals surface area contributed by atoms with Crippen LogP contribution in [0.1, 0.15) is 11.5 Å². The van der Waals surface area contributed by atoms with Gasteiger partial charge in [0.25, 0.3) is 0 Å². The number of carbonyl (C=O) groups is 1. The number of carboxylic acids is 1. The Balaban J connectivity index is 2.02. The normalized spacial score (nSPS) is 9.84. The number of carboxylic acid groups (broad SMARTS) is 1. The van der Waals surface area contributed by atoms with Crippen LogP contribution in [-0.4, -0.2) is 21.3 Å². The molecule has 0 spiro atoms. The molecule has 0 unspecified atom stereocenters. The van der Waals surface area contributed by atoms with Gasteiger partial charge in [-0.25, -0.2) is 0 Å². The lowest BCUT2D eigenvalue weighted by Gasteiger charge is -2.02. The van der Waals surface area contributed by atoms with Gasteiger partial charge in [0.05, 0.1) is 12.5 Å². The molecule has 0 aliphatic carbocycles. The number of hydrogen-bond acceptors (Lipinski definition) is 6. The van der Waals surface area contributed by atoms with Crippen molar-refractivity contribution < 1.29 is 14.3 Å². The summed E-state index contributed by atoms with van der Waals surface area (Å²) in [5.41, 5.74) is 1.40. The maximum atomic E-state index is 10.5. The number of benzene rings is 1. The van der Waals surface area contributed by atoms with E-state index in [9.17, 15) is 4.79 Å². The van der Waals surface area contributed by atoms with Gasteiger partial charge >= 0.3 is 12.0 Å². The third-order valence-electron chi connectivity index (χ3n) is 2.26. The van der Waals surface area contributed by atoms with E-state index in [1.807, 2.05) is 6.07 Å². The Hall–Kier alpha value is -2.88. The highest BCUT2D eigenvalue weighted by atomic mass is 16.4. The SMILES string of the molecule is N#CCc1nnc(Nc2ccc(CC(=O)O)cc2)o1. The van der Waals surface area contributed by atoms with E-state index in [1.54, 1.807) is 24.3 Å². The van der Waals surface area contributed by atoms with Gasteiger partial charge in [0.15, 0.2) is 0 Å². The van der Waals surface area contributed by atoms with Crippen molar-refractivity contribution in [2.45, 2.75) is 12.8 Å². The molecule has 0 radical (unpaired) electrons. The van der Waals surface area contributed by atoms with Crippen LogP contribution in [0.3, 0.4) is 0 Å². The van der Waals surface area contributed by atoms with Crippen LogP contribution in [-0.2, 0) is 17.6 Å². The molecule has 0 saturated heterocycles. The standard InChI is InChI=1S/C12H10N4O3/c13-6-5-10-15-16-12(19-10)14-9-3-1-8(2-4-9)7-11(17)18/h1-4H,5,7H2,(H,14,16)(H,17,18). The van der Waals surface area contributed by atoms with Crippen molar-refractivity contribution in [3.05, 3.63) is 35.7 Å². The lowest BCUT2D eigenvalue weighted by molar-refractivity contribution is -0.136. The highest BCUT2D eigenvalue weighted by molar-refractivity contribution is 5.70. The van der Waals surface area contributed by atoms with Crippen LogP contribution >= 0.6 is 0 Å². The van der Waals surface area contributed by atoms with Gasteiger partial charge in [0, 0.05) is 5.69 Å². The molecule has 0 aliphatic heterocycles. The zero-order chi connectivity index (χ0) is 13.7. The van der Waals surface area contributed by atoms with Crippen LogP contribution in [0.4, 0.5) is 11.7 Å². The van der Waals surface area contributed by atoms with Crippen LogP contribution < -0.4 is 5.32 Å². The van der Waals surface area contributed by atoms with Crippen molar-refractivity contribution in [3.8, 4) is 6.07 Å². The van der Waals surface area contributed by atoms with Gasteiger partial charge in [0.1, 0.15) is 6.42 Å². The summed E-state index contributed by atoms with van der Waals surface area (Å²) < 4.78 is 5.17. The predicted octanol–water partition coefficient (Wildman–Crippen LogP) is 1.51. The number of nitrogens with one attached hydrogen (secondary N) is 1. The molecule has 7 heteroatoms. The zero-order valence-corrected chi connectivity index (χ0v) is 9.83. The van der Waals surface area contributed by atoms with Crippen molar-refractivity contribution in [3.63, 3.8) is 0 Å². The molecule has 1 heterocycles. The number of anilines is 2. The van der Waals surface area contributed by atoms with Crippen LogP contribution in [0.5, 0.6) is 0 Å². The Bertz CT molecular complexity index is 613. The monoisotopic (exact) mass is 258 g/mol. The smallest absolute Gasteiger partial charge is 0.320 e. The van der Waals surface area contributed by atoms with E-state index in [2.05, 4.69) is 15.5 Å². The van der Waals surface area contributed by atoms with E-state index in [0.29, 0.717) is 11.3 Å². The number of hydrogen-bond donors (Lipinski definition) is 2. The minimum Gasteiger partial charge on any atom is -0.481 e. The van der Waals surface area contributed by atoms with E-state index in [-0.39, 0.29) is 24.7 Å². The topological polar surface area (TPSA) is 112 Å². The molecule has 1 aromatic heterocycles. The first-order valence-corrected chi connectivity index (χ1v) is 5.44. The molecule has 96 valence electrons. The highest BCUT2D eigenvalue weighted by Gasteiger charge is 2.06. The van der Waals surface area contributed by atoms with Crippen molar-refractivity contribution in [1.29, 1.82) is 5.26 Å². The van der Waals surface area contributed by atoms with Crippen LogP contribution in [0.2, 0.25) is 0 Å². The Morgan fingerprint density at radius 2 is 2.11 bits per heavy atom. The maximum Gasteiger partial charge on any atom is 0.320 e. The third-order valence-corrected chi connectivity index (χ3v) is 2.26. The molecular weight excluding hydrogens is 248 g/mol. The average molecular weight is 258 g/mol. The fraction of sp³-hybridized carbons (Fsp3) is 0.167. The summed E-state index contributed by atoms with van der Waals surface area (Å²) in [6.07, 6.45) is 0.0411. The van der Waals surface area contributed by atoms with E-state index in [4.69, 9.17) is 14.8 Å². The number of nitriles is 1. The molecule has 0 saturated carbocycles. The summed E-state index contributed by atoms with van der Waals surface area (Å²) in [4.78, 5) is 10.5. The first-order valence-electron chi connectivity index (χ1n) is 5.44. The minimum atomic E-state index is -0.876. The number of aromatic nitrogens is 2.